The topological polar surface area (TPSA) is 45.8 Å². The first kappa shape index (κ1) is 19.3. The fourth-order valence-electron chi connectivity index (χ4n) is 2.50. The largest absolute Gasteiger partial charge is 0.301 e. The van der Waals surface area contributed by atoms with E-state index in [-0.39, 0.29) is 5.56 Å². The van der Waals surface area contributed by atoms with Crippen molar-refractivity contribution in [1.29, 1.82) is 0 Å². The van der Waals surface area contributed by atoms with E-state index in [1.165, 1.54) is 11.8 Å². The molecule has 3 nitrogen and oxygen atoms in total. The molecule has 7 heteroatoms. The van der Waals surface area contributed by atoms with Gasteiger partial charge in [0.15, 0.2) is 5.16 Å². The van der Waals surface area contributed by atoms with Crippen LogP contribution in [-0.4, -0.2) is 9.97 Å². The molecule has 134 valence electrons. The Morgan fingerprint density at radius 1 is 1.00 bits per heavy atom. The molecule has 1 aromatic heterocycles. The number of halogens is 3. The van der Waals surface area contributed by atoms with Crippen molar-refractivity contribution in [1.82, 2.24) is 9.97 Å². The summed E-state index contributed by atoms with van der Waals surface area (Å²) in [6.45, 7) is 1.84. The Bertz CT molecular complexity index is 990. The molecule has 0 spiro atoms. The summed E-state index contributed by atoms with van der Waals surface area (Å²) >= 11 is 19.8. The van der Waals surface area contributed by atoms with Crippen molar-refractivity contribution < 1.29 is 0 Å². The van der Waals surface area contributed by atoms with E-state index in [1.807, 2.05) is 37.3 Å². The van der Waals surface area contributed by atoms with Gasteiger partial charge in [0.1, 0.15) is 0 Å². The monoisotopic (exact) mass is 424 g/mol. The molecule has 1 N–H and O–H groups in total. The molecule has 0 fully saturated rings. The minimum absolute atomic E-state index is 0.132. The zero-order valence-corrected chi connectivity index (χ0v) is 16.9. The maximum atomic E-state index is 12.5. The molecule has 0 radical (unpaired) electrons. The summed E-state index contributed by atoms with van der Waals surface area (Å²) in [5, 5.41) is 1.93. The second-order valence-corrected chi connectivity index (χ2v) is 7.86. The molecule has 2 aromatic carbocycles. The van der Waals surface area contributed by atoms with E-state index < -0.39 is 0 Å². The van der Waals surface area contributed by atoms with Crippen molar-refractivity contribution in [3.63, 3.8) is 0 Å². The van der Waals surface area contributed by atoms with Crippen LogP contribution in [0.1, 0.15) is 22.4 Å². The van der Waals surface area contributed by atoms with E-state index in [2.05, 4.69) is 9.97 Å². The third kappa shape index (κ3) is 4.44. The Morgan fingerprint density at radius 2 is 1.69 bits per heavy atom. The number of nitrogens with one attached hydrogen (secondary N) is 1. The van der Waals surface area contributed by atoms with Crippen molar-refractivity contribution in [2.75, 3.05) is 0 Å². The van der Waals surface area contributed by atoms with Crippen LogP contribution in [0, 0.1) is 6.92 Å². The number of aromatic nitrogens is 2. The standard InChI is InChI=1S/C19H15Cl3N2OS/c1-11-13(9-12-5-3-2-4-6-12)18(25)24-19(23-11)26-10-14-15(20)7-8-16(21)17(14)22/h2-8H,9-10H2,1H3,(H,23,24,25). The summed E-state index contributed by atoms with van der Waals surface area (Å²) in [4.78, 5) is 19.8. The van der Waals surface area contributed by atoms with Gasteiger partial charge in [-0.1, -0.05) is 76.9 Å². The van der Waals surface area contributed by atoms with E-state index in [0.717, 1.165) is 11.1 Å². The second-order valence-electron chi connectivity index (χ2n) is 5.71. The molecule has 0 saturated heterocycles. The zero-order chi connectivity index (χ0) is 18.7. The van der Waals surface area contributed by atoms with Gasteiger partial charge in [-0.15, -0.1) is 0 Å². The molecule has 0 aliphatic rings. The third-order valence-electron chi connectivity index (χ3n) is 3.92. The molecule has 26 heavy (non-hydrogen) atoms. The molecule has 0 amide bonds. The van der Waals surface area contributed by atoms with Crippen molar-refractivity contribution in [3.05, 3.63) is 90.3 Å². The molecule has 3 aromatic rings. The van der Waals surface area contributed by atoms with E-state index in [0.29, 0.717) is 43.7 Å². The highest BCUT2D eigenvalue weighted by Crippen LogP contribution is 2.35. The number of rotatable bonds is 5. The van der Waals surface area contributed by atoms with Gasteiger partial charge in [0.25, 0.3) is 5.56 Å². The van der Waals surface area contributed by atoms with Gasteiger partial charge in [0.05, 0.1) is 10.0 Å². The Balaban J connectivity index is 1.81. The Hall–Kier alpha value is -1.46. The SMILES string of the molecule is Cc1nc(SCc2c(Cl)ccc(Cl)c2Cl)[nH]c(=O)c1Cc1ccccc1. The van der Waals surface area contributed by atoms with Gasteiger partial charge in [-0.25, -0.2) is 4.98 Å². The number of nitrogens with zero attached hydrogens (tertiary/aromatic N) is 1. The summed E-state index contributed by atoms with van der Waals surface area (Å²) in [5.41, 5.74) is 3.04. The van der Waals surface area contributed by atoms with Gasteiger partial charge in [0, 0.05) is 34.0 Å². The van der Waals surface area contributed by atoms with Crippen molar-refractivity contribution in [2.24, 2.45) is 0 Å². The Labute approximate surface area is 170 Å². The molecule has 3 rings (SSSR count). The normalized spacial score (nSPS) is 10.9. The lowest BCUT2D eigenvalue weighted by Gasteiger charge is -2.10. The molecule has 1 heterocycles. The van der Waals surface area contributed by atoms with Crippen LogP contribution in [0.5, 0.6) is 0 Å². The molecule has 0 unspecified atom stereocenters. The van der Waals surface area contributed by atoms with Crippen LogP contribution in [0.4, 0.5) is 0 Å². The highest BCUT2D eigenvalue weighted by molar-refractivity contribution is 7.98. The Kier molecular flexibility index (Phi) is 6.30. The number of thioether (sulfide) groups is 1. The van der Waals surface area contributed by atoms with Crippen LogP contribution in [-0.2, 0) is 12.2 Å². The minimum Gasteiger partial charge on any atom is -0.301 e. The maximum Gasteiger partial charge on any atom is 0.255 e. The number of H-pyrrole nitrogens is 1. The number of benzene rings is 2. The molecule has 0 atom stereocenters. The van der Waals surface area contributed by atoms with E-state index in [9.17, 15) is 4.79 Å². The quantitative estimate of drug-likeness (QED) is 0.313. The van der Waals surface area contributed by atoms with Crippen LogP contribution in [0.25, 0.3) is 0 Å². The van der Waals surface area contributed by atoms with Crippen LogP contribution in [0.15, 0.2) is 52.4 Å². The minimum atomic E-state index is -0.132. The van der Waals surface area contributed by atoms with Crippen LogP contribution < -0.4 is 5.56 Å². The molecule has 0 aliphatic heterocycles. The van der Waals surface area contributed by atoms with E-state index in [4.69, 9.17) is 34.8 Å². The van der Waals surface area contributed by atoms with Gasteiger partial charge < -0.3 is 4.98 Å². The summed E-state index contributed by atoms with van der Waals surface area (Å²) < 4.78 is 0. The van der Waals surface area contributed by atoms with Gasteiger partial charge in [0.2, 0.25) is 0 Å². The molecule has 0 saturated carbocycles. The number of hydrogen-bond donors (Lipinski definition) is 1. The predicted molar refractivity (Wildman–Crippen MR) is 110 cm³/mol. The van der Waals surface area contributed by atoms with Gasteiger partial charge in [-0.2, -0.15) is 0 Å². The third-order valence-corrected chi connectivity index (χ3v) is 6.01. The first-order valence-electron chi connectivity index (χ1n) is 7.84. The lowest BCUT2D eigenvalue weighted by atomic mass is 10.1. The molecular weight excluding hydrogens is 411 g/mol. The van der Waals surface area contributed by atoms with Crippen LogP contribution in [0.3, 0.4) is 0 Å². The lowest BCUT2D eigenvalue weighted by molar-refractivity contribution is 0.866. The summed E-state index contributed by atoms with van der Waals surface area (Å²) in [5.74, 6) is 0.457. The maximum absolute atomic E-state index is 12.5. The first-order valence-corrected chi connectivity index (χ1v) is 9.96. The average Bonchev–Trinajstić information content (AvgIpc) is 2.62. The van der Waals surface area contributed by atoms with Gasteiger partial charge in [-0.05, 0) is 24.6 Å². The number of hydrogen-bond acceptors (Lipinski definition) is 3. The summed E-state index contributed by atoms with van der Waals surface area (Å²) in [6, 6.07) is 13.2. The van der Waals surface area contributed by atoms with Gasteiger partial charge in [-0.3, -0.25) is 4.79 Å². The molecule has 0 aliphatic carbocycles. The average molecular weight is 426 g/mol. The highest BCUT2D eigenvalue weighted by Gasteiger charge is 2.13. The Morgan fingerprint density at radius 3 is 2.38 bits per heavy atom. The zero-order valence-electron chi connectivity index (χ0n) is 13.9. The lowest BCUT2D eigenvalue weighted by Crippen LogP contribution is -2.17. The van der Waals surface area contributed by atoms with Crippen LogP contribution in [0.2, 0.25) is 15.1 Å². The fraction of sp³-hybridized carbons (Fsp3) is 0.158. The van der Waals surface area contributed by atoms with Crippen molar-refractivity contribution in [2.45, 2.75) is 24.3 Å². The van der Waals surface area contributed by atoms with Crippen molar-refractivity contribution in [3.8, 4) is 0 Å². The first-order chi connectivity index (χ1) is 12.5. The predicted octanol–water partition coefficient (Wildman–Crippen LogP) is 5.92. The smallest absolute Gasteiger partial charge is 0.255 e. The van der Waals surface area contributed by atoms with Crippen molar-refractivity contribution >= 4 is 46.6 Å². The fourth-order valence-corrected chi connectivity index (χ4v) is 4.29. The summed E-state index contributed by atoms with van der Waals surface area (Å²) in [6.07, 6.45) is 0.548. The van der Waals surface area contributed by atoms with Crippen LogP contribution >= 0.6 is 46.6 Å². The molecule has 0 bridgehead atoms. The summed E-state index contributed by atoms with van der Waals surface area (Å²) in [7, 11) is 0. The molecular formula is C19H15Cl3N2OS. The highest BCUT2D eigenvalue weighted by atomic mass is 35.5. The van der Waals surface area contributed by atoms with E-state index >= 15 is 0 Å². The number of aryl methyl sites for hydroxylation is 1. The van der Waals surface area contributed by atoms with E-state index in [1.54, 1.807) is 12.1 Å². The number of aromatic amines is 1. The second kappa shape index (κ2) is 8.49. The van der Waals surface area contributed by atoms with Gasteiger partial charge >= 0.3 is 0 Å².